The smallest absolute Gasteiger partial charge is 0.225 e. The van der Waals surface area contributed by atoms with E-state index in [0.717, 1.165) is 19.3 Å². The molecule has 1 aliphatic heterocycles. The SMILES string of the molecule is COC(CC(=O)NCCc1ccccc1)C1CCCN1C(=O)CCO. The summed E-state index contributed by atoms with van der Waals surface area (Å²) < 4.78 is 5.51. The van der Waals surface area contributed by atoms with Crippen molar-refractivity contribution < 1.29 is 19.4 Å². The molecule has 2 N–H and O–H groups in total. The van der Waals surface area contributed by atoms with Crippen LogP contribution in [0.2, 0.25) is 0 Å². The van der Waals surface area contributed by atoms with Gasteiger partial charge < -0.3 is 20.1 Å². The number of nitrogens with zero attached hydrogens (tertiary/aromatic N) is 1. The fourth-order valence-electron chi connectivity index (χ4n) is 3.35. The molecule has 2 amide bonds. The average Bonchev–Trinajstić information content (AvgIpc) is 3.10. The van der Waals surface area contributed by atoms with Crippen molar-refractivity contribution in [2.75, 3.05) is 26.8 Å². The van der Waals surface area contributed by atoms with Gasteiger partial charge in [0.05, 0.1) is 25.2 Å². The second-order valence-corrected chi connectivity index (χ2v) is 6.33. The summed E-state index contributed by atoms with van der Waals surface area (Å²) in [4.78, 5) is 26.1. The average molecular weight is 348 g/mol. The Morgan fingerprint density at radius 1 is 1.36 bits per heavy atom. The maximum absolute atomic E-state index is 12.2. The van der Waals surface area contributed by atoms with Crippen LogP contribution in [-0.4, -0.2) is 60.8 Å². The molecule has 1 aromatic rings. The highest BCUT2D eigenvalue weighted by molar-refractivity contribution is 5.78. The Bertz CT molecular complexity index is 550. The summed E-state index contributed by atoms with van der Waals surface area (Å²) in [7, 11) is 1.58. The Morgan fingerprint density at radius 2 is 2.12 bits per heavy atom. The number of amides is 2. The first-order valence-electron chi connectivity index (χ1n) is 8.89. The number of ether oxygens (including phenoxy) is 1. The van der Waals surface area contributed by atoms with Crippen LogP contribution in [0, 0.1) is 0 Å². The first-order valence-corrected chi connectivity index (χ1v) is 8.89. The minimum atomic E-state index is -0.318. The lowest BCUT2D eigenvalue weighted by atomic mass is 10.0. The summed E-state index contributed by atoms with van der Waals surface area (Å²) in [5, 5.41) is 11.9. The predicted octanol–water partition coefficient (Wildman–Crippen LogP) is 1.12. The molecule has 1 aliphatic rings. The number of hydrogen-bond donors (Lipinski definition) is 2. The molecule has 2 unspecified atom stereocenters. The van der Waals surface area contributed by atoms with Crippen molar-refractivity contribution in [3.8, 4) is 0 Å². The quantitative estimate of drug-likeness (QED) is 0.701. The molecule has 1 saturated heterocycles. The van der Waals surface area contributed by atoms with E-state index in [-0.39, 0.29) is 43.4 Å². The number of benzene rings is 1. The Balaban J connectivity index is 1.81. The first-order chi connectivity index (χ1) is 12.2. The molecule has 138 valence electrons. The number of nitrogens with one attached hydrogen (secondary N) is 1. The Morgan fingerprint density at radius 3 is 2.80 bits per heavy atom. The van der Waals surface area contributed by atoms with Crippen molar-refractivity contribution >= 4 is 11.8 Å². The summed E-state index contributed by atoms with van der Waals surface area (Å²) >= 11 is 0. The Labute approximate surface area is 149 Å². The highest BCUT2D eigenvalue weighted by Crippen LogP contribution is 2.24. The molecule has 0 aromatic heterocycles. The van der Waals surface area contributed by atoms with E-state index in [1.54, 1.807) is 12.0 Å². The van der Waals surface area contributed by atoms with E-state index in [2.05, 4.69) is 5.32 Å². The number of aliphatic hydroxyl groups excluding tert-OH is 1. The fraction of sp³-hybridized carbons (Fsp3) is 0.579. The van der Waals surface area contributed by atoms with Crippen LogP contribution in [-0.2, 0) is 20.7 Å². The van der Waals surface area contributed by atoms with Crippen molar-refractivity contribution in [2.45, 2.75) is 44.2 Å². The summed E-state index contributed by atoms with van der Waals surface area (Å²) in [6.45, 7) is 1.09. The van der Waals surface area contributed by atoms with E-state index in [9.17, 15) is 9.59 Å². The van der Waals surface area contributed by atoms with E-state index < -0.39 is 0 Å². The summed E-state index contributed by atoms with van der Waals surface area (Å²) in [6, 6.07) is 9.91. The van der Waals surface area contributed by atoms with Crippen LogP contribution in [0.25, 0.3) is 0 Å². The van der Waals surface area contributed by atoms with Crippen LogP contribution >= 0.6 is 0 Å². The molecule has 0 aliphatic carbocycles. The van der Waals surface area contributed by atoms with Gasteiger partial charge in [0.2, 0.25) is 11.8 Å². The third-order valence-electron chi connectivity index (χ3n) is 4.64. The molecule has 1 heterocycles. The molecule has 0 saturated carbocycles. The van der Waals surface area contributed by atoms with Crippen LogP contribution in [0.4, 0.5) is 0 Å². The normalized spacial score (nSPS) is 18.2. The number of carbonyl (C=O) groups is 2. The predicted molar refractivity (Wildman–Crippen MR) is 95.0 cm³/mol. The summed E-state index contributed by atoms with van der Waals surface area (Å²) in [5.74, 6) is -0.138. The lowest BCUT2D eigenvalue weighted by Crippen LogP contribution is -2.45. The van der Waals surface area contributed by atoms with Crippen LogP contribution < -0.4 is 5.32 Å². The summed E-state index contributed by atoms with van der Waals surface area (Å²) in [6.07, 6.45) is 2.55. The van der Waals surface area contributed by atoms with E-state index in [1.807, 2.05) is 30.3 Å². The highest BCUT2D eigenvalue weighted by atomic mass is 16.5. The molecule has 2 atom stereocenters. The number of methoxy groups -OCH3 is 1. The Kier molecular flexibility index (Phi) is 7.88. The van der Waals surface area contributed by atoms with Gasteiger partial charge >= 0.3 is 0 Å². The van der Waals surface area contributed by atoms with Gasteiger partial charge in [-0.1, -0.05) is 30.3 Å². The minimum absolute atomic E-state index is 0.0655. The zero-order chi connectivity index (χ0) is 18.1. The largest absolute Gasteiger partial charge is 0.396 e. The Hall–Kier alpha value is -1.92. The second-order valence-electron chi connectivity index (χ2n) is 6.33. The van der Waals surface area contributed by atoms with Gasteiger partial charge in [-0.25, -0.2) is 0 Å². The zero-order valence-electron chi connectivity index (χ0n) is 14.8. The molecular formula is C19H28N2O4. The van der Waals surface area contributed by atoms with Crippen LogP contribution in [0.15, 0.2) is 30.3 Å². The maximum Gasteiger partial charge on any atom is 0.225 e. The van der Waals surface area contributed by atoms with Gasteiger partial charge in [0.1, 0.15) is 0 Å². The number of likely N-dealkylation sites (tertiary alicyclic amines) is 1. The highest BCUT2D eigenvalue weighted by Gasteiger charge is 2.35. The zero-order valence-corrected chi connectivity index (χ0v) is 14.8. The minimum Gasteiger partial charge on any atom is -0.396 e. The van der Waals surface area contributed by atoms with Crippen LogP contribution in [0.1, 0.15) is 31.2 Å². The van der Waals surface area contributed by atoms with Gasteiger partial charge in [0, 0.05) is 26.6 Å². The van der Waals surface area contributed by atoms with Crippen molar-refractivity contribution in [1.82, 2.24) is 10.2 Å². The topological polar surface area (TPSA) is 78.9 Å². The standard InChI is InChI=1S/C19H28N2O4/c1-25-17(16-8-5-12-21(16)19(24)10-13-22)14-18(23)20-11-9-15-6-3-2-4-7-15/h2-4,6-7,16-17,22H,5,8-14H2,1H3,(H,20,23). The first kappa shape index (κ1) is 19.4. The van der Waals surface area contributed by atoms with Gasteiger partial charge in [-0.05, 0) is 24.8 Å². The molecule has 6 heteroatoms. The lowest BCUT2D eigenvalue weighted by molar-refractivity contribution is -0.137. The molecule has 25 heavy (non-hydrogen) atoms. The molecule has 6 nitrogen and oxygen atoms in total. The lowest BCUT2D eigenvalue weighted by Gasteiger charge is -2.30. The molecular weight excluding hydrogens is 320 g/mol. The van der Waals surface area contributed by atoms with Gasteiger partial charge in [-0.2, -0.15) is 0 Å². The van der Waals surface area contributed by atoms with Gasteiger partial charge in [0.25, 0.3) is 0 Å². The fourth-order valence-corrected chi connectivity index (χ4v) is 3.35. The van der Waals surface area contributed by atoms with Crippen molar-refractivity contribution in [2.24, 2.45) is 0 Å². The van der Waals surface area contributed by atoms with Crippen molar-refractivity contribution in [3.05, 3.63) is 35.9 Å². The van der Waals surface area contributed by atoms with E-state index in [0.29, 0.717) is 13.1 Å². The number of carbonyl (C=O) groups excluding carboxylic acids is 2. The molecule has 0 bridgehead atoms. The van der Waals surface area contributed by atoms with Gasteiger partial charge in [-0.3, -0.25) is 9.59 Å². The third kappa shape index (κ3) is 5.83. The van der Waals surface area contributed by atoms with Crippen LogP contribution in [0.3, 0.4) is 0 Å². The van der Waals surface area contributed by atoms with E-state index in [4.69, 9.17) is 9.84 Å². The van der Waals surface area contributed by atoms with E-state index >= 15 is 0 Å². The molecule has 2 rings (SSSR count). The molecule has 1 fully saturated rings. The van der Waals surface area contributed by atoms with Crippen molar-refractivity contribution in [1.29, 1.82) is 0 Å². The van der Waals surface area contributed by atoms with E-state index in [1.165, 1.54) is 5.56 Å². The molecule has 0 radical (unpaired) electrons. The summed E-state index contributed by atoms with van der Waals surface area (Å²) in [5.41, 5.74) is 1.18. The monoisotopic (exact) mass is 348 g/mol. The molecule has 0 spiro atoms. The number of rotatable bonds is 9. The molecule has 1 aromatic carbocycles. The van der Waals surface area contributed by atoms with Gasteiger partial charge in [-0.15, -0.1) is 0 Å². The van der Waals surface area contributed by atoms with Gasteiger partial charge in [0.15, 0.2) is 0 Å². The second kappa shape index (κ2) is 10.2. The number of hydrogen-bond acceptors (Lipinski definition) is 4. The maximum atomic E-state index is 12.2. The third-order valence-corrected chi connectivity index (χ3v) is 4.64. The van der Waals surface area contributed by atoms with Crippen molar-refractivity contribution in [3.63, 3.8) is 0 Å². The number of aliphatic hydroxyl groups is 1. The van der Waals surface area contributed by atoms with Crippen LogP contribution in [0.5, 0.6) is 0 Å².